The minimum absolute atomic E-state index is 0.0183. The number of imidazole rings is 1. The summed E-state index contributed by atoms with van der Waals surface area (Å²) in [6.07, 6.45) is 6.13. The van der Waals surface area contributed by atoms with Gasteiger partial charge in [0.25, 0.3) is 0 Å². The van der Waals surface area contributed by atoms with E-state index in [0.29, 0.717) is 26.1 Å². The molecular weight excluding hydrogens is 282 g/mol. The Kier molecular flexibility index (Phi) is 4.42. The Bertz CT molecular complexity index is 556. The molecule has 1 N–H and O–H groups in total. The number of piperazine rings is 1. The van der Waals surface area contributed by atoms with Crippen LogP contribution in [0, 0.1) is 0 Å². The van der Waals surface area contributed by atoms with Crippen molar-refractivity contribution in [3.8, 4) is 0 Å². The van der Waals surface area contributed by atoms with Crippen LogP contribution in [0.2, 0.25) is 0 Å². The summed E-state index contributed by atoms with van der Waals surface area (Å²) in [5, 5.41) is 3.32. The van der Waals surface area contributed by atoms with E-state index in [1.807, 2.05) is 22.7 Å². The molecule has 0 saturated carbocycles. The van der Waals surface area contributed by atoms with E-state index in [0.717, 1.165) is 25.2 Å². The Labute approximate surface area is 130 Å². The number of nitrogens with one attached hydrogen (secondary N) is 1. The second-order valence-electron chi connectivity index (χ2n) is 5.98. The molecule has 1 unspecified atom stereocenters. The van der Waals surface area contributed by atoms with Crippen molar-refractivity contribution >= 4 is 11.8 Å². The zero-order chi connectivity index (χ0) is 15.5. The largest absolute Gasteiger partial charge is 0.336 e. The van der Waals surface area contributed by atoms with E-state index < -0.39 is 0 Å². The molecule has 1 aromatic rings. The number of likely N-dealkylation sites (tertiary alicyclic amines) is 1. The topological polar surface area (TPSA) is 70.5 Å². The molecule has 120 valence electrons. The number of aromatic nitrogens is 2. The number of hydrogen-bond acceptors (Lipinski definition) is 4. The summed E-state index contributed by atoms with van der Waals surface area (Å²) in [7, 11) is 1.94. The number of amides is 2. The third kappa shape index (κ3) is 2.99. The van der Waals surface area contributed by atoms with Crippen molar-refractivity contribution in [3.05, 3.63) is 18.2 Å². The third-order valence-corrected chi connectivity index (χ3v) is 4.47. The SMILES string of the molecule is Cn1ccnc1C1CNCCN1C(=O)CN1CCCCC1=O. The first-order chi connectivity index (χ1) is 10.7. The standard InChI is InChI=1S/C15H23N5O2/c1-18-8-6-17-15(18)12-10-16-5-9-20(12)14(22)11-19-7-3-2-4-13(19)21/h6,8,12,16H,2-5,7,9-11H2,1H3. The van der Waals surface area contributed by atoms with Gasteiger partial charge < -0.3 is 19.7 Å². The first-order valence-corrected chi connectivity index (χ1v) is 7.92. The lowest BCUT2D eigenvalue weighted by atomic mass is 10.1. The van der Waals surface area contributed by atoms with E-state index in [-0.39, 0.29) is 24.4 Å². The average molecular weight is 305 g/mol. The van der Waals surface area contributed by atoms with Gasteiger partial charge in [-0.15, -0.1) is 0 Å². The zero-order valence-corrected chi connectivity index (χ0v) is 13.0. The highest BCUT2D eigenvalue weighted by molar-refractivity contribution is 5.85. The number of rotatable bonds is 3. The number of nitrogens with zero attached hydrogens (tertiary/aromatic N) is 4. The molecule has 3 rings (SSSR count). The highest BCUT2D eigenvalue weighted by Gasteiger charge is 2.32. The molecule has 0 aliphatic carbocycles. The lowest BCUT2D eigenvalue weighted by molar-refractivity contribution is -0.143. The summed E-state index contributed by atoms with van der Waals surface area (Å²) in [4.78, 5) is 32.5. The predicted molar refractivity (Wildman–Crippen MR) is 81.0 cm³/mol. The fraction of sp³-hybridized carbons (Fsp3) is 0.667. The Morgan fingerprint density at radius 3 is 3.00 bits per heavy atom. The second kappa shape index (κ2) is 6.48. The van der Waals surface area contributed by atoms with E-state index in [1.165, 1.54) is 0 Å². The van der Waals surface area contributed by atoms with Crippen LogP contribution in [0.5, 0.6) is 0 Å². The zero-order valence-electron chi connectivity index (χ0n) is 13.0. The maximum Gasteiger partial charge on any atom is 0.242 e. The normalized spacial score (nSPS) is 23.0. The molecule has 0 radical (unpaired) electrons. The van der Waals surface area contributed by atoms with Gasteiger partial charge in [-0.05, 0) is 12.8 Å². The summed E-state index contributed by atoms with van der Waals surface area (Å²) in [6, 6.07) is -0.0684. The Balaban J connectivity index is 1.71. The summed E-state index contributed by atoms with van der Waals surface area (Å²) < 4.78 is 1.95. The van der Waals surface area contributed by atoms with Crippen molar-refractivity contribution in [2.45, 2.75) is 25.3 Å². The van der Waals surface area contributed by atoms with Crippen LogP contribution in [0.1, 0.15) is 31.1 Å². The molecule has 22 heavy (non-hydrogen) atoms. The maximum atomic E-state index is 12.7. The molecular formula is C15H23N5O2. The third-order valence-electron chi connectivity index (χ3n) is 4.47. The van der Waals surface area contributed by atoms with Gasteiger partial charge in [0, 0.05) is 52.0 Å². The van der Waals surface area contributed by atoms with Crippen LogP contribution in [0.25, 0.3) is 0 Å². The average Bonchev–Trinajstić information content (AvgIpc) is 2.95. The molecule has 3 heterocycles. The van der Waals surface area contributed by atoms with E-state index in [2.05, 4.69) is 10.3 Å². The Morgan fingerprint density at radius 1 is 1.41 bits per heavy atom. The minimum Gasteiger partial charge on any atom is -0.336 e. The summed E-state index contributed by atoms with van der Waals surface area (Å²) in [5.41, 5.74) is 0. The van der Waals surface area contributed by atoms with Crippen LogP contribution in [0.15, 0.2) is 12.4 Å². The van der Waals surface area contributed by atoms with Gasteiger partial charge >= 0.3 is 0 Å². The van der Waals surface area contributed by atoms with Crippen LogP contribution in [-0.2, 0) is 16.6 Å². The fourth-order valence-corrected chi connectivity index (χ4v) is 3.21. The lowest BCUT2D eigenvalue weighted by Crippen LogP contribution is -2.53. The highest BCUT2D eigenvalue weighted by atomic mass is 16.2. The van der Waals surface area contributed by atoms with Gasteiger partial charge in [-0.1, -0.05) is 0 Å². The van der Waals surface area contributed by atoms with E-state index >= 15 is 0 Å². The van der Waals surface area contributed by atoms with Crippen molar-refractivity contribution in [1.82, 2.24) is 24.7 Å². The number of carbonyl (C=O) groups excluding carboxylic acids is 2. The van der Waals surface area contributed by atoms with E-state index in [9.17, 15) is 9.59 Å². The smallest absolute Gasteiger partial charge is 0.242 e. The highest BCUT2D eigenvalue weighted by Crippen LogP contribution is 2.21. The van der Waals surface area contributed by atoms with Crippen molar-refractivity contribution in [2.75, 3.05) is 32.7 Å². The number of aryl methyl sites for hydroxylation is 1. The summed E-state index contributed by atoms with van der Waals surface area (Å²) in [5.74, 6) is 0.999. The molecule has 0 aromatic carbocycles. The molecule has 1 atom stereocenters. The molecule has 1 aromatic heterocycles. The second-order valence-corrected chi connectivity index (χ2v) is 5.98. The van der Waals surface area contributed by atoms with E-state index in [1.54, 1.807) is 11.1 Å². The molecule has 2 aliphatic heterocycles. The van der Waals surface area contributed by atoms with Crippen molar-refractivity contribution in [2.24, 2.45) is 7.05 Å². The predicted octanol–water partition coefficient (Wildman–Crippen LogP) is -0.0945. The molecule has 2 saturated heterocycles. The molecule has 7 nitrogen and oxygen atoms in total. The number of carbonyl (C=O) groups is 2. The summed E-state index contributed by atoms with van der Waals surface area (Å²) >= 11 is 0. The van der Waals surface area contributed by atoms with Gasteiger partial charge in [-0.2, -0.15) is 0 Å². The molecule has 2 aliphatic rings. The minimum atomic E-state index is -0.0684. The van der Waals surface area contributed by atoms with Crippen LogP contribution in [0.4, 0.5) is 0 Å². The Hall–Kier alpha value is -1.89. The Morgan fingerprint density at radius 2 is 2.27 bits per heavy atom. The number of hydrogen-bond donors (Lipinski definition) is 1. The molecule has 2 amide bonds. The van der Waals surface area contributed by atoms with Gasteiger partial charge in [0.15, 0.2) is 0 Å². The monoisotopic (exact) mass is 305 g/mol. The lowest BCUT2D eigenvalue weighted by Gasteiger charge is -2.37. The first kappa shape index (κ1) is 15.0. The van der Waals surface area contributed by atoms with Gasteiger partial charge in [0.2, 0.25) is 11.8 Å². The number of piperidine rings is 1. The molecule has 2 fully saturated rings. The van der Waals surface area contributed by atoms with E-state index in [4.69, 9.17) is 0 Å². The van der Waals surface area contributed by atoms with Crippen LogP contribution in [0.3, 0.4) is 0 Å². The first-order valence-electron chi connectivity index (χ1n) is 7.92. The molecule has 0 spiro atoms. The van der Waals surface area contributed by atoms with Crippen LogP contribution < -0.4 is 5.32 Å². The fourth-order valence-electron chi connectivity index (χ4n) is 3.21. The van der Waals surface area contributed by atoms with Gasteiger partial charge in [0.1, 0.15) is 11.9 Å². The van der Waals surface area contributed by atoms with Crippen molar-refractivity contribution in [3.63, 3.8) is 0 Å². The van der Waals surface area contributed by atoms with Crippen LogP contribution in [-0.4, -0.2) is 63.9 Å². The summed E-state index contributed by atoms with van der Waals surface area (Å²) in [6.45, 7) is 3.02. The maximum absolute atomic E-state index is 12.7. The van der Waals surface area contributed by atoms with Gasteiger partial charge in [-0.3, -0.25) is 9.59 Å². The van der Waals surface area contributed by atoms with Crippen molar-refractivity contribution in [1.29, 1.82) is 0 Å². The quantitative estimate of drug-likeness (QED) is 0.847. The van der Waals surface area contributed by atoms with Crippen LogP contribution >= 0.6 is 0 Å². The molecule has 7 heteroatoms. The van der Waals surface area contributed by atoms with Gasteiger partial charge in [0.05, 0.1) is 6.54 Å². The molecule has 0 bridgehead atoms. The van der Waals surface area contributed by atoms with Gasteiger partial charge in [-0.25, -0.2) is 4.98 Å². The van der Waals surface area contributed by atoms with Crippen molar-refractivity contribution < 1.29 is 9.59 Å².